The van der Waals surface area contributed by atoms with Crippen LogP contribution in [-0.2, 0) is 4.79 Å². The number of halogens is 3. The van der Waals surface area contributed by atoms with Crippen LogP contribution < -0.4 is 0 Å². The summed E-state index contributed by atoms with van der Waals surface area (Å²) < 4.78 is 38.5. The lowest BCUT2D eigenvalue weighted by molar-refractivity contribution is -0.168. The zero-order valence-electron chi connectivity index (χ0n) is 10.7. The van der Waals surface area contributed by atoms with Crippen LogP contribution in [0.15, 0.2) is 23.8 Å². The second kappa shape index (κ2) is 3.87. The zero-order valence-corrected chi connectivity index (χ0v) is 10.7. The molecule has 19 heavy (non-hydrogen) atoms. The maximum absolute atomic E-state index is 12.8. The Morgan fingerprint density at radius 1 is 1.47 bits per heavy atom. The van der Waals surface area contributed by atoms with Gasteiger partial charge in [-0.15, -0.1) is 0 Å². The summed E-state index contributed by atoms with van der Waals surface area (Å²) in [4.78, 5) is 14.1. The van der Waals surface area contributed by atoms with Gasteiger partial charge in [-0.25, -0.2) is 0 Å². The van der Waals surface area contributed by atoms with Crippen molar-refractivity contribution in [1.29, 1.82) is 0 Å². The lowest BCUT2D eigenvalue weighted by Crippen LogP contribution is -2.41. The molecule has 3 aliphatic rings. The highest BCUT2D eigenvalue weighted by Crippen LogP contribution is 2.53. The maximum Gasteiger partial charge on any atom is 0.390 e. The van der Waals surface area contributed by atoms with Crippen molar-refractivity contribution >= 4 is 5.91 Å². The first kappa shape index (κ1) is 12.8. The van der Waals surface area contributed by atoms with E-state index in [0.29, 0.717) is 6.54 Å². The van der Waals surface area contributed by atoms with Gasteiger partial charge in [-0.2, -0.15) is 13.2 Å². The number of allylic oxidation sites excluding steroid dienone is 2. The number of carbonyl (C=O) groups is 1. The molecule has 0 aromatic carbocycles. The Morgan fingerprint density at radius 2 is 2.21 bits per heavy atom. The highest BCUT2D eigenvalue weighted by Gasteiger charge is 2.60. The fourth-order valence-corrected chi connectivity index (χ4v) is 3.82. The first-order valence-corrected chi connectivity index (χ1v) is 6.58. The molecular formula is C14H16F3NO. The van der Waals surface area contributed by atoms with Crippen molar-refractivity contribution < 1.29 is 18.0 Å². The molecule has 0 bridgehead atoms. The standard InChI is InChI=1S/C14H16F3NO/c1-13(8-14(15,16)17)10-6-2-4-9-5-3-7-18(11(9)10)12(13)19/h2,4,6,10-11H,3,5,7-8H2,1H3. The monoisotopic (exact) mass is 271 g/mol. The van der Waals surface area contributed by atoms with E-state index in [2.05, 4.69) is 0 Å². The average Bonchev–Trinajstić information content (AvgIpc) is 2.52. The van der Waals surface area contributed by atoms with Gasteiger partial charge < -0.3 is 4.90 Å². The third-order valence-corrected chi connectivity index (χ3v) is 4.60. The van der Waals surface area contributed by atoms with Crippen LogP contribution >= 0.6 is 0 Å². The summed E-state index contributed by atoms with van der Waals surface area (Å²) >= 11 is 0. The van der Waals surface area contributed by atoms with Gasteiger partial charge in [0.1, 0.15) is 0 Å². The van der Waals surface area contributed by atoms with E-state index in [4.69, 9.17) is 0 Å². The summed E-state index contributed by atoms with van der Waals surface area (Å²) in [5.74, 6) is -0.682. The maximum atomic E-state index is 12.8. The predicted octanol–water partition coefficient (Wildman–Crippen LogP) is 3.06. The molecule has 3 rings (SSSR count). The number of nitrogens with zero attached hydrogens (tertiary/aromatic N) is 1. The van der Waals surface area contributed by atoms with Crippen LogP contribution in [0.2, 0.25) is 0 Å². The molecule has 0 saturated carbocycles. The average molecular weight is 271 g/mol. The fraction of sp³-hybridized carbons (Fsp3) is 0.643. The van der Waals surface area contributed by atoms with Gasteiger partial charge in [0.25, 0.3) is 0 Å². The first-order valence-electron chi connectivity index (χ1n) is 6.58. The van der Waals surface area contributed by atoms with Crippen LogP contribution in [0.4, 0.5) is 13.2 Å². The quantitative estimate of drug-likeness (QED) is 0.717. The zero-order chi connectivity index (χ0) is 13.8. The molecule has 1 amide bonds. The number of hydrogen-bond donors (Lipinski definition) is 0. The molecule has 0 aromatic heterocycles. The Morgan fingerprint density at radius 3 is 2.89 bits per heavy atom. The summed E-state index contributed by atoms with van der Waals surface area (Å²) in [6.45, 7) is 2.05. The molecule has 2 saturated heterocycles. The van der Waals surface area contributed by atoms with E-state index in [1.807, 2.05) is 12.2 Å². The van der Waals surface area contributed by atoms with Crippen LogP contribution in [0, 0.1) is 11.3 Å². The topological polar surface area (TPSA) is 20.3 Å². The van der Waals surface area contributed by atoms with E-state index in [1.165, 1.54) is 6.92 Å². The lowest BCUT2D eigenvalue weighted by Gasteiger charge is -2.36. The number of hydrogen-bond acceptors (Lipinski definition) is 1. The molecule has 0 aromatic rings. The summed E-state index contributed by atoms with van der Waals surface area (Å²) in [5.41, 5.74) is -0.235. The second-order valence-electron chi connectivity index (χ2n) is 5.91. The third-order valence-electron chi connectivity index (χ3n) is 4.60. The summed E-state index contributed by atoms with van der Waals surface area (Å²) in [5, 5.41) is 0. The molecule has 104 valence electrons. The minimum Gasteiger partial charge on any atom is -0.335 e. The minimum atomic E-state index is -4.31. The predicted molar refractivity (Wildman–Crippen MR) is 64.2 cm³/mol. The van der Waals surface area contributed by atoms with Gasteiger partial charge in [0.05, 0.1) is 17.9 Å². The molecule has 2 nitrogen and oxygen atoms in total. The largest absolute Gasteiger partial charge is 0.390 e. The van der Waals surface area contributed by atoms with Crippen LogP contribution in [0.25, 0.3) is 0 Å². The van der Waals surface area contributed by atoms with Gasteiger partial charge in [0.15, 0.2) is 0 Å². The van der Waals surface area contributed by atoms with Crippen molar-refractivity contribution in [1.82, 2.24) is 4.90 Å². The Bertz CT molecular complexity index is 480. The molecule has 1 aliphatic carbocycles. The highest BCUT2D eigenvalue weighted by molar-refractivity contribution is 5.87. The summed E-state index contributed by atoms with van der Waals surface area (Å²) in [7, 11) is 0. The minimum absolute atomic E-state index is 0.140. The van der Waals surface area contributed by atoms with Gasteiger partial charge in [-0.1, -0.05) is 18.2 Å². The van der Waals surface area contributed by atoms with Crippen LogP contribution in [0.1, 0.15) is 26.2 Å². The van der Waals surface area contributed by atoms with Crippen molar-refractivity contribution in [2.24, 2.45) is 11.3 Å². The SMILES string of the molecule is CC1(CC(F)(F)F)C(=O)N2CCCC3=CC=CC1C32. The molecule has 2 fully saturated rings. The molecule has 0 spiro atoms. The van der Waals surface area contributed by atoms with Crippen molar-refractivity contribution in [3.63, 3.8) is 0 Å². The molecule has 5 heteroatoms. The first-order chi connectivity index (χ1) is 8.83. The summed E-state index contributed by atoms with van der Waals surface area (Å²) in [6, 6.07) is -0.140. The molecule has 0 N–H and O–H groups in total. The molecular weight excluding hydrogens is 255 g/mol. The van der Waals surface area contributed by atoms with E-state index >= 15 is 0 Å². The second-order valence-corrected chi connectivity index (χ2v) is 5.91. The number of amides is 1. The van der Waals surface area contributed by atoms with E-state index in [-0.39, 0.29) is 17.9 Å². The lowest BCUT2D eigenvalue weighted by atomic mass is 9.70. The normalized spacial score (nSPS) is 37.4. The van der Waals surface area contributed by atoms with Crippen molar-refractivity contribution in [3.05, 3.63) is 23.8 Å². The van der Waals surface area contributed by atoms with Gasteiger partial charge in [-0.05, 0) is 25.3 Å². The van der Waals surface area contributed by atoms with Crippen LogP contribution in [-0.4, -0.2) is 29.6 Å². The van der Waals surface area contributed by atoms with E-state index in [0.717, 1.165) is 18.4 Å². The molecule has 3 unspecified atom stereocenters. The number of rotatable bonds is 1. The summed E-state index contributed by atoms with van der Waals surface area (Å²) in [6.07, 6.45) is 1.94. The Hall–Kier alpha value is -1.26. The fourth-order valence-electron chi connectivity index (χ4n) is 3.82. The third kappa shape index (κ3) is 1.82. The number of alkyl halides is 3. The molecule has 2 heterocycles. The van der Waals surface area contributed by atoms with Gasteiger partial charge >= 0.3 is 6.18 Å². The molecule has 0 radical (unpaired) electrons. The Labute approximate surface area is 110 Å². The molecule has 3 atom stereocenters. The molecule has 2 aliphatic heterocycles. The van der Waals surface area contributed by atoms with Crippen molar-refractivity contribution in [2.45, 2.75) is 38.4 Å². The van der Waals surface area contributed by atoms with E-state index in [1.54, 1.807) is 11.0 Å². The van der Waals surface area contributed by atoms with Crippen molar-refractivity contribution in [2.75, 3.05) is 6.54 Å². The Kier molecular flexibility index (Phi) is 2.60. The van der Waals surface area contributed by atoms with E-state index in [9.17, 15) is 18.0 Å². The smallest absolute Gasteiger partial charge is 0.335 e. The highest BCUT2D eigenvalue weighted by atomic mass is 19.4. The number of carbonyl (C=O) groups excluding carboxylic acids is 1. The van der Waals surface area contributed by atoms with Crippen LogP contribution in [0.3, 0.4) is 0 Å². The van der Waals surface area contributed by atoms with Gasteiger partial charge in [-0.3, -0.25) is 4.79 Å². The van der Waals surface area contributed by atoms with Gasteiger partial charge in [0, 0.05) is 12.5 Å². The van der Waals surface area contributed by atoms with Crippen molar-refractivity contribution in [3.8, 4) is 0 Å². The van der Waals surface area contributed by atoms with E-state index < -0.39 is 18.0 Å². The number of piperidine rings is 1. The van der Waals surface area contributed by atoms with Gasteiger partial charge in [0.2, 0.25) is 5.91 Å². The van der Waals surface area contributed by atoms with Crippen LogP contribution in [0.5, 0.6) is 0 Å². The Balaban J connectivity index is 2.01.